The Kier molecular flexibility index (Phi) is 7.79. The van der Waals surface area contributed by atoms with Gasteiger partial charge in [0.2, 0.25) is 0 Å². The molecule has 0 aliphatic carbocycles. The van der Waals surface area contributed by atoms with Gasteiger partial charge in [-0.3, -0.25) is 14.1 Å². The van der Waals surface area contributed by atoms with Gasteiger partial charge in [0.1, 0.15) is 17.2 Å². The monoisotopic (exact) mass is 462 g/mol. The van der Waals surface area contributed by atoms with Crippen LogP contribution in [0.25, 0.3) is 5.52 Å². The van der Waals surface area contributed by atoms with Crippen molar-refractivity contribution in [1.29, 1.82) is 0 Å². The minimum Gasteiger partial charge on any atom is -0.381 e. The highest BCUT2D eigenvalue weighted by Gasteiger charge is 2.32. The molecule has 2 atom stereocenters. The average molecular weight is 463 g/mol. The van der Waals surface area contributed by atoms with E-state index in [0.29, 0.717) is 17.4 Å². The Balaban J connectivity index is 0.00000136. The second-order valence-electron chi connectivity index (χ2n) is 8.24. The van der Waals surface area contributed by atoms with Crippen LogP contribution in [0.3, 0.4) is 0 Å². The first-order valence-electron chi connectivity index (χ1n) is 10.3. The van der Waals surface area contributed by atoms with E-state index < -0.39 is 0 Å². The number of hydrogen-bond acceptors (Lipinski definition) is 6. The van der Waals surface area contributed by atoms with Crippen LogP contribution in [0.2, 0.25) is 0 Å². The Bertz CT molecular complexity index is 1050. The molecule has 0 unspecified atom stereocenters. The summed E-state index contributed by atoms with van der Waals surface area (Å²) >= 11 is 0. The molecule has 3 aromatic rings. The molecule has 0 radical (unpaired) electrons. The zero-order chi connectivity index (χ0) is 19.8. The number of rotatable bonds is 4. The van der Waals surface area contributed by atoms with Crippen molar-refractivity contribution in [3.05, 3.63) is 58.6 Å². The molecule has 2 aliphatic heterocycles. The largest absolute Gasteiger partial charge is 0.381 e. The lowest BCUT2D eigenvalue weighted by atomic mass is 9.95. The highest BCUT2D eigenvalue weighted by molar-refractivity contribution is 7.59. The third-order valence-electron chi connectivity index (χ3n) is 6.24. The van der Waals surface area contributed by atoms with Crippen LogP contribution in [-0.2, 0) is 11.3 Å². The van der Waals surface area contributed by atoms with Crippen LogP contribution in [-0.4, -0.2) is 55.5 Å². The highest BCUT2D eigenvalue weighted by atomic mass is 32.1. The molecule has 0 bridgehead atoms. The van der Waals surface area contributed by atoms with Crippen LogP contribution in [0.15, 0.2) is 35.6 Å². The molecule has 1 N–H and O–H groups in total. The molecule has 3 aromatic heterocycles. The summed E-state index contributed by atoms with van der Waals surface area (Å²) in [4.78, 5) is 31.5. The summed E-state index contributed by atoms with van der Waals surface area (Å²) in [6, 6.07) is 1.83. The van der Waals surface area contributed by atoms with E-state index in [9.17, 15) is 4.79 Å². The maximum absolute atomic E-state index is 12.8. The van der Waals surface area contributed by atoms with Gasteiger partial charge in [-0.05, 0) is 24.8 Å². The molecule has 0 saturated carbocycles. The predicted molar refractivity (Wildman–Crippen MR) is 129 cm³/mol. The molecule has 0 amide bonds. The molecule has 8 nitrogen and oxygen atoms in total. The Morgan fingerprint density at radius 2 is 1.87 bits per heavy atom. The van der Waals surface area contributed by atoms with Crippen molar-refractivity contribution in [2.24, 2.45) is 5.92 Å². The first-order valence-corrected chi connectivity index (χ1v) is 10.3. The van der Waals surface area contributed by atoms with E-state index >= 15 is 0 Å². The van der Waals surface area contributed by atoms with E-state index in [-0.39, 0.29) is 38.5 Å². The fourth-order valence-corrected chi connectivity index (χ4v) is 4.70. The zero-order valence-corrected chi connectivity index (χ0v) is 19.6. The SMILES string of the molecule is C[C@@H]1CN(Cc2ncccn2)C[C@H]1c1cn2c(C3CCOCC3)ncc2c(=O)[nH]1.S.S. The molecule has 0 aromatic carbocycles. The summed E-state index contributed by atoms with van der Waals surface area (Å²) in [5.74, 6) is 2.85. The van der Waals surface area contributed by atoms with Gasteiger partial charge in [0.05, 0.1) is 12.7 Å². The van der Waals surface area contributed by atoms with E-state index in [1.807, 2.05) is 10.5 Å². The van der Waals surface area contributed by atoms with E-state index in [1.165, 1.54) is 0 Å². The molecular formula is C21H30N6O2S2. The third-order valence-corrected chi connectivity index (χ3v) is 6.24. The topological polar surface area (TPSA) is 88.4 Å². The lowest BCUT2D eigenvalue weighted by Crippen LogP contribution is -2.22. The van der Waals surface area contributed by atoms with Gasteiger partial charge >= 0.3 is 0 Å². The summed E-state index contributed by atoms with van der Waals surface area (Å²) in [5, 5.41) is 0. The number of ether oxygens (including phenoxy) is 1. The maximum atomic E-state index is 12.8. The summed E-state index contributed by atoms with van der Waals surface area (Å²) in [6.07, 6.45) is 9.25. The van der Waals surface area contributed by atoms with Crippen molar-refractivity contribution in [3.8, 4) is 0 Å². The number of hydrogen-bond donors (Lipinski definition) is 1. The maximum Gasteiger partial charge on any atom is 0.274 e. The number of imidazole rings is 1. The molecular weight excluding hydrogens is 432 g/mol. The number of H-pyrrole nitrogens is 1. The molecule has 2 aliphatic rings. The van der Waals surface area contributed by atoms with Crippen molar-refractivity contribution in [2.45, 2.75) is 38.1 Å². The van der Waals surface area contributed by atoms with Gasteiger partial charge in [-0.1, -0.05) is 6.92 Å². The van der Waals surface area contributed by atoms with Gasteiger partial charge in [-0.15, -0.1) is 0 Å². The van der Waals surface area contributed by atoms with E-state index in [2.05, 4.69) is 38.0 Å². The first-order chi connectivity index (χ1) is 14.2. The van der Waals surface area contributed by atoms with Crippen molar-refractivity contribution < 1.29 is 4.74 Å². The lowest BCUT2D eigenvalue weighted by molar-refractivity contribution is 0.0835. The number of nitrogens with zero attached hydrogens (tertiary/aromatic N) is 5. The Hall–Kier alpha value is -1.88. The van der Waals surface area contributed by atoms with Crippen LogP contribution in [0.4, 0.5) is 0 Å². The van der Waals surface area contributed by atoms with Crippen molar-refractivity contribution in [1.82, 2.24) is 29.2 Å². The summed E-state index contributed by atoms with van der Waals surface area (Å²) in [7, 11) is 0. The van der Waals surface area contributed by atoms with Crippen molar-refractivity contribution >= 4 is 32.5 Å². The lowest BCUT2D eigenvalue weighted by Gasteiger charge is -2.21. The number of likely N-dealkylation sites (tertiary alicyclic amines) is 1. The van der Waals surface area contributed by atoms with Gasteiger partial charge < -0.3 is 9.72 Å². The molecule has 0 spiro atoms. The molecule has 5 heterocycles. The first kappa shape index (κ1) is 23.8. The number of nitrogens with one attached hydrogen (secondary N) is 1. The van der Waals surface area contributed by atoms with Crippen molar-refractivity contribution in [3.63, 3.8) is 0 Å². The zero-order valence-electron chi connectivity index (χ0n) is 17.6. The van der Waals surface area contributed by atoms with Crippen LogP contribution in [0.1, 0.15) is 48.9 Å². The molecule has 5 rings (SSSR count). The summed E-state index contributed by atoms with van der Waals surface area (Å²) < 4.78 is 7.51. The second kappa shape index (κ2) is 10.2. The number of aromatic nitrogens is 5. The van der Waals surface area contributed by atoms with Gasteiger partial charge in [-0.2, -0.15) is 27.0 Å². The second-order valence-corrected chi connectivity index (χ2v) is 8.24. The Morgan fingerprint density at radius 3 is 2.61 bits per heavy atom. The summed E-state index contributed by atoms with van der Waals surface area (Å²) in [5.41, 5.74) is 1.54. The fourth-order valence-electron chi connectivity index (χ4n) is 4.70. The molecule has 2 fully saturated rings. The molecule has 10 heteroatoms. The quantitative estimate of drug-likeness (QED) is 0.639. The standard InChI is InChI=1S/C21H26N6O2.2H2S/c1-14-10-26(13-19-22-5-2-6-23-19)11-16(14)17-12-27-18(21(28)25-17)9-24-20(27)15-3-7-29-8-4-15;;/h2,5-6,9,12,14-16H,3-4,7-8,10-11,13H2,1H3,(H,25,28);2*1H2/t14-,16-;;/m1../s1. The van der Waals surface area contributed by atoms with E-state index in [1.54, 1.807) is 18.6 Å². The van der Waals surface area contributed by atoms with E-state index in [0.717, 1.165) is 63.0 Å². The molecule has 168 valence electrons. The van der Waals surface area contributed by atoms with Gasteiger partial charge in [0.25, 0.3) is 5.56 Å². The molecule has 31 heavy (non-hydrogen) atoms. The molecule has 2 saturated heterocycles. The van der Waals surface area contributed by atoms with E-state index in [4.69, 9.17) is 4.74 Å². The van der Waals surface area contributed by atoms with Crippen LogP contribution >= 0.6 is 27.0 Å². The van der Waals surface area contributed by atoms with Crippen LogP contribution < -0.4 is 5.56 Å². The normalized spacial score (nSPS) is 22.2. The minimum atomic E-state index is -0.0645. The highest BCUT2D eigenvalue weighted by Crippen LogP contribution is 2.32. The van der Waals surface area contributed by atoms with Gasteiger partial charge in [0.15, 0.2) is 0 Å². The Morgan fingerprint density at radius 1 is 1.13 bits per heavy atom. The average Bonchev–Trinajstić information content (AvgIpc) is 3.33. The number of fused-ring (bicyclic) bond motifs is 1. The van der Waals surface area contributed by atoms with Crippen LogP contribution in [0.5, 0.6) is 0 Å². The van der Waals surface area contributed by atoms with Gasteiger partial charge in [-0.25, -0.2) is 15.0 Å². The van der Waals surface area contributed by atoms with Crippen LogP contribution in [0, 0.1) is 5.92 Å². The van der Waals surface area contributed by atoms with Gasteiger partial charge in [0, 0.05) is 62.4 Å². The third kappa shape index (κ3) is 4.82. The fraction of sp³-hybridized carbons (Fsp3) is 0.524. The minimum absolute atomic E-state index is 0. The number of aromatic amines is 1. The van der Waals surface area contributed by atoms with Crippen molar-refractivity contribution in [2.75, 3.05) is 26.3 Å². The summed E-state index contributed by atoms with van der Waals surface area (Å²) in [6.45, 7) is 6.32. The Labute approximate surface area is 195 Å². The smallest absolute Gasteiger partial charge is 0.274 e. The predicted octanol–water partition coefficient (Wildman–Crippen LogP) is 2.17.